The largest absolute Gasteiger partial charge is 0.375 e. The van der Waals surface area contributed by atoms with Crippen LogP contribution < -0.4 is 0 Å². The molecule has 0 aromatic carbocycles. The second kappa shape index (κ2) is 2.55. The van der Waals surface area contributed by atoms with Gasteiger partial charge in [-0.2, -0.15) is 5.26 Å². The molecule has 1 rings (SSSR count). The predicted molar refractivity (Wildman–Crippen MR) is 33.9 cm³/mol. The molecule has 1 aliphatic rings. The summed E-state index contributed by atoms with van der Waals surface area (Å²) in [6.45, 7) is 0. The molecule has 1 fully saturated rings. The summed E-state index contributed by atoms with van der Waals surface area (Å²) in [6.07, 6.45) is 0.823. The lowest BCUT2D eigenvalue weighted by atomic mass is 9.98. The molecule has 0 amide bonds. The van der Waals surface area contributed by atoms with Crippen LogP contribution in [-0.2, 0) is 0 Å². The first-order valence-corrected chi connectivity index (χ1v) is 3.46. The maximum atomic E-state index is 13.2. The topological polar surface area (TPSA) is 44.0 Å². The molecule has 0 heterocycles. The molecule has 0 bridgehead atoms. The third-order valence-electron chi connectivity index (χ3n) is 2.05. The van der Waals surface area contributed by atoms with E-state index in [-0.39, 0.29) is 0 Å². The molecule has 0 aliphatic heterocycles. The van der Waals surface area contributed by atoms with Gasteiger partial charge in [0.05, 0.1) is 6.07 Å². The number of hydrogen-bond acceptors (Lipinski definition) is 2. The Labute approximate surface area is 59.3 Å². The van der Waals surface area contributed by atoms with E-state index >= 15 is 0 Å². The lowest BCUT2D eigenvalue weighted by molar-refractivity contribution is 0.0313. The van der Waals surface area contributed by atoms with E-state index in [1.807, 2.05) is 0 Å². The molecule has 0 spiro atoms. The van der Waals surface area contributed by atoms with Crippen LogP contribution in [0.1, 0.15) is 25.7 Å². The first kappa shape index (κ1) is 7.49. The van der Waals surface area contributed by atoms with Crippen molar-refractivity contribution in [1.82, 2.24) is 0 Å². The van der Waals surface area contributed by atoms with Crippen molar-refractivity contribution in [1.29, 1.82) is 5.26 Å². The van der Waals surface area contributed by atoms with Crippen molar-refractivity contribution < 1.29 is 9.50 Å². The normalized spacial score (nSPS) is 25.7. The van der Waals surface area contributed by atoms with Crippen LogP contribution in [-0.4, -0.2) is 16.9 Å². The summed E-state index contributed by atoms with van der Waals surface area (Å²) in [4.78, 5) is 0. The van der Waals surface area contributed by atoms with Gasteiger partial charge in [-0.15, -0.1) is 0 Å². The fourth-order valence-electron chi connectivity index (χ4n) is 1.35. The number of nitriles is 1. The van der Waals surface area contributed by atoms with E-state index in [0.717, 1.165) is 12.8 Å². The Hall–Kier alpha value is -0.620. The number of rotatable bonds is 1. The van der Waals surface area contributed by atoms with E-state index in [1.54, 1.807) is 0 Å². The SMILES string of the molecule is N#CC(O)C1(F)CCCC1. The number of aliphatic hydroxyl groups excluding tert-OH is 1. The van der Waals surface area contributed by atoms with E-state index in [1.165, 1.54) is 6.07 Å². The molecular weight excluding hydrogens is 133 g/mol. The maximum Gasteiger partial charge on any atom is 0.174 e. The van der Waals surface area contributed by atoms with Crippen LogP contribution in [0.4, 0.5) is 4.39 Å². The fourth-order valence-corrected chi connectivity index (χ4v) is 1.35. The molecule has 1 aliphatic carbocycles. The lowest BCUT2D eigenvalue weighted by Crippen LogP contribution is -2.33. The molecule has 56 valence electrons. The highest BCUT2D eigenvalue weighted by Gasteiger charge is 2.40. The molecule has 0 saturated heterocycles. The van der Waals surface area contributed by atoms with Crippen LogP contribution in [0.15, 0.2) is 0 Å². The third kappa shape index (κ3) is 1.12. The summed E-state index contributed by atoms with van der Waals surface area (Å²) >= 11 is 0. The molecule has 0 radical (unpaired) electrons. The Morgan fingerprint density at radius 2 is 2.00 bits per heavy atom. The van der Waals surface area contributed by atoms with Gasteiger partial charge in [-0.1, -0.05) is 12.8 Å². The summed E-state index contributed by atoms with van der Waals surface area (Å²) in [6, 6.07) is 1.53. The van der Waals surface area contributed by atoms with E-state index in [9.17, 15) is 4.39 Å². The van der Waals surface area contributed by atoms with Crippen molar-refractivity contribution in [3.8, 4) is 6.07 Å². The molecular formula is C7H10FNO. The van der Waals surface area contributed by atoms with Gasteiger partial charge in [0.1, 0.15) is 5.67 Å². The molecule has 0 aromatic rings. The molecule has 1 N–H and O–H groups in total. The zero-order valence-electron chi connectivity index (χ0n) is 5.68. The Morgan fingerprint density at radius 1 is 1.50 bits per heavy atom. The van der Waals surface area contributed by atoms with Gasteiger partial charge >= 0.3 is 0 Å². The van der Waals surface area contributed by atoms with Crippen molar-refractivity contribution in [2.24, 2.45) is 0 Å². The van der Waals surface area contributed by atoms with E-state index in [2.05, 4.69) is 0 Å². The Balaban J connectivity index is 2.60. The van der Waals surface area contributed by atoms with Crippen LogP contribution in [0.2, 0.25) is 0 Å². The Morgan fingerprint density at radius 3 is 2.40 bits per heavy atom. The average Bonchev–Trinajstić information content (AvgIpc) is 2.36. The first-order chi connectivity index (χ1) is 4.69. The van der Waals surface area contributed by atoms with Crippen molar-refractivity contribution >= 4 is 0 Å². The van der Waals surface area contributed by atoms with E-state index in [0.29, 0.717) is 12.8 Å². The summed E-state index contributed by atoms with van der Waals surface area (Å²) in [7, 11) is 0. The number of aliphatic hydroxyl groups is 1. The highest BCUT2D eigenvalue weighted by Crippen LogP contribution is 2.35. The molecule has 3 heteroatoms. The smallest absolute Gasteiger partial charge is 0.174 e. The molecule has 1 atom stereocenters. The van der Waals surface area contributed by atoms with Crippen molar-refractivity contribution in [2.75, 3.05) is 0 Å². The first-order valence-electron chi connectivity index (χ1n) is 3.46. The van der Waals surface area contributed by atoms with E-state index in [4.69, 9.17) is 10.4 Å². The van der Waals surface area contributed by atoms with Crippen LogP contribution in [0.25, 0.3) is 0 Å². The molecule has 2 nitrogen and oxygen atoms in total. The van der Waals surface area contributed by atoms with Gasteiger partial charge in [0.25, 0.3) is 0 Å². The Bertz CT molecular complexity index is 157. The zero-order valence-corrected chi connectivity index (χ0v) is 5.68. The summed E-state index contributed by atoms with van der Waals surface area (Å²) in [5.74, 6) is 0. The molecule has 10 heavy (non-hydrogen) atoms. The van der Waals surface area contributed by atoms with Gasteiger partial charge in [0, 0.05) is 0 Å². The van der Waals surface area contributed by atoms with Gasteiger partial charge in [0.2, 0.25) is 0 Å². The van der Waals surface area contributed by atoms with Gasteiger partial charge in [-0.3, -0.25) is 0 Å². The van der Waals surface area contributed by atoms with Crippen LogP contribution in [0.3, 0.4) is 0 Å². The highest BCUT2D eigenvalue weighted by atomic mass is 19.1. The number of alkyl halides is 1. The molecule has 1 unspecified atom stereocenters. The minimum atomic E-state index is -1.60. The minimum absolute atomic E-state index is 0.335. The van der Waals surface area contributed by atoms with E-state index < -0.39 is 11.8 Å². The maximum absolute atomic E-state index is 13.2. The van der Waals surface area contributed by atoms with Gasteiger partial charge in [0.15, 0.2) is 6.10 Å². The summed E-state index contributed by atoms with van der Waals surface area (Å²) < 4.78 is 13.2. The Kier molecular flexibility index (Phi) is 1.91. The fraction of sp³-hybridized carbons (Fsp3) is 0.857. The molecule has 1 saturated carbocycles. The monoisotopic (exact) mass is 143 g/mol. The molecule has 0 aromatic heterocycles. The van der Waals surface area contributed by atoms with Crippen LogP contribution in [0.5, 0.6) is 0 Å². The number of nitrogens with zero attached hydrogens (tertiary/aromatic N) is 1. The second-order valence-electron chi connectivity index (χ2n) is 2.77. The summed E-state index contributed by atoms with van der Waals surface area (Å²) in [5.41, 5.74) is -1.60. The second-order valence-corrected chi connectivity index (χ2v) is 2.77. The quantitative estimate of drug-likeness (QED) is 0.559. The van der Waals surface area contributed by atoms with Crippen molar-refractivity contribution in [3.05, 3.63) is 0 Å². The van der Waals surface area contributed by atoms with Crippen LogP contribution in [0, 0.1) is 11.3 Å². The zero-order chi connectivity index (χ0) is 7.61. The van der Waals surface area contributed by atoms with Gasteiger partial charge in [-0.05, 0) is 12.8 Å². The van der Waals surface area contributed by atoms with Crippen molar-refractivity contribution in [3.63, 3.8) is 0 Å². The minimum Gasteiger partial charge on any atom is -0.375 e. The van der Waals surface area contributed by atoms with Gasteiger partial charge in [-0.25, -0.2) is 4.39 Å². The highest BCUT2D eigenvalue weighted by molar-refractivity contribution is 5.02. The number of hydrogen-bond donors (Lipinski definition) is 1. The average molecular weight is 143 g/mol. The lowest BCUT2D eigenvalue weighted by Gasteiger charge is -2.19. The number of halogens is 1. The predicted octanol–water partition coefficient (Wildman–Crippen LogP) is 1.15. The summed E-state index contributed by atoms with van der Waals surface area (Å²) in [5, 5.41) is 17.1. The van der Waals surface area contributed by atoms with Crippen molar-refractivity contribution in [2.45, 2.75) is 37.5 Å². The third-order valence-corrected chi connectivity index (χ3v) is 2.05. The van der Waals surface area contributed by atoms with Crippen LogP contribution >= 0.6 is 0 Å². The standard InChI is InChI=1S/C7H10FNO/c8-7(6(10)5-9)3-1-2-4-7/h6,10H,1-4H2. The van der Waals surface area contributed by atoms with Gasteiger partial charge < -0.3 is 5.11 Å².